The van der Waals surface area contributed by atoms with Gasteiger partial charge in [-0.05, 0) is 37.8 Å². The van der Waals surface area contributed by atoms with E-state index in [4.69, 9.17) is 14.2 Å². The van der Waals surface area contributed by atoms with E-state index in [-0.39, 0.29) is 46.5 Å². The third kappa shape index (κ3) is 5.37. The molecule has 8 nitrogen and oxygen atoms in total. The van der Waals surface area contributed by atoms with Gasteiger partial charge in [0.15, 0.2) is 17.3 Å². The molecule has 1 heterocycles. The van der Waals surface area contributed by atoms with Gasteiger partial charge in [0.25, 0.3) is 11.8 Å². The molecule has 1 atom stereocenters. The highest BCUT2D eigenvalue weighted by atomic mass is 19.4. The molecule has 2 aromatic rings. The minimum absolute atomic E-state index is 0.0219. The van der Waals surface area contributed by atoms with Gasteiger partial charge >= 0.3 is 6.18 Å². The SMILES string of the molecule is COc1cc(C(=O)N[C@]2(C(F)(F)F)C(=O)N(CC3CCCCC3)C(C)=C2C(=O)c2ccccc2)cc(OC)c1OC. The van der Waals surface area contributed by atoms with Crippen molar-refractivity contribution in [3.05, 3.63) is 64.9 Å². The molecule has 1 aliphatic heterocycles. The summed E-state index contributed by atoms with van der Waals surface area (Å²) in [6.45, 7) is 1.35. The van der Waals surface area contributed by atoms with Gasteiger partial charge < -0.3 is 24.4 Å². The van der Waals surface area contributed by atoms with Crippen LogP contribution in [-0.4, -0.2) is 62.1 Å². The van der Waals surface area contributed by atoms with Crippen LogP contribution in [0.3, 0.4) is 0 Å². The van der Waals surface area contributed by atoms with E-state index < -0.39 is 34.9 Å². The molecule has 0 saturated heterocycles. The fourth-order valence-corrected chi connectivity index (χ4v) is 5.69. The van der Waals surface area contributed by atoms with Crippen molar-refractivity contribution in [1.82, 2.24) is 10.2 Å². The average molecular weight is 575 g/mol. The zero-order chi connectivity index (χ0) is 29.9. The highest BCUT2D eigenvalue weighted by Gasteiger charge is 2.70. The maximum absolute atomic E-state index is 15.3. The lowest BCUT2D eigenvalue weighted by Gasteiger charge is -2.34. The van der Waals surface area contributed by atoms with E-state index >= 15 is 13.2 Å². The number of hydrogen-bond donors (Lipinski definition) is 1. The fraction of sp³-hybridized carbons (Fsp3) is 0.433. The molecule has 2 aromatic carbocycles. The third-order valence-electron chi connectivity index (χ3n) is 7.79. The average Bonchev–Trinajstić information content (AvgIpc) is 3.18. The molecule has 1 fully saturated rings. The lowest BCUT2D eigenvalue weighted by Crippen LogP contribution is -2.66. The molecule has 2 amide bonds. The van der Waals surface area contributed by atoms with Crippen LogP contribution >= 0.6 is 0 Å². The molecule has 0 radical (unpaired) electrons. The molecule has 1 aliphatic carbocycles. The number of methoxy groups -OCH3 is 3. The molecule has 2 aliphatic rings. The monoisotopic (exact) mass is 574 g/mol. The summed E-state index contributed by atoms with van der Waals surface area (Å²) in [4.78, 5) is 42.3. The third-order valence-corrected chi connectivity index (χ3v) is 7.79. The van der Waals surface area contributed by atoms with E-state index in [0.29, 0.717) is 0 Å². The van der Waals surface area contributed by atoms with E-state index in [2.05, 4.69) is 0 Å². The minimum Gasteiger partial charge on any atom is -0.493 e. The Hall–Kier alpha value is -4.02. The Labute approximate surface area is 236 Å². The van der Waals surface area contributed by atoms with Crippen LogP contribution in [-0.2, 0) is 4.79 Å². The maximum atomic E-state index is 15.3. The normalized spacial score (nSPS) is 19.8. The lowest BCUT2D eigenvalue weighted by atomic mass is 9.84. The number of rotatable bonds is 9. The molecule has 0 bridgehead atoms. The van der Waals surface area contributed by atoms with Crippen LogP contribution < -0.4 is 19.5 Å². The van der Waals surface area contributed by atoms with E-state index in [0.717, 1.165) is 37.0 Å². The number of Topliss-reactive ketones (excluding diaryl/α,β-unsaturated/α-hetero) is 1. The number of nitrogens with one attached hydrogen (secondary N) is 1. The van der Waals surface area contributed by atoms with Gasteiger partial charge in [0.1, 0.15) is 0 Å². The number of ether oxygens (including phenoxy) is 3. The highest BCUT2D eigenvalue weighted by Crippen LogP contribution is 2.47. The number of hydrogen-bond acceptors (Lipinski definition) is 6. The van der Waals surface area contributed by atoms with Crippen LogP contribution in [0.25, 0.3) is 0 Å². The Kier molecular flexibility index (Phi) is 8.65. The first-order valence-corrected chi connectivity index (χ1v) is 13.3. The van der Waals surface area contributed by atoms with Gasteiger partial charge in [-0.15, -0.1) is 0 Å². The van der Waals surface area contributed by atoms with Gasteiger partial charge in [-0.1, -0.05) is 49.6 Å². The number of carbonyl (C=O) groups is 3. The first-order valence-electron chi connectivity index (χ1n) is 13.3. The quantitative estimate of drug-likeness (QED) is 0.408. The molecule has 4 rings (SSSR count). The molecule has 0 spiro atoms. The number of carbonyl (C=O) groups excluding carboxylic acids is 3. The molecule has 11 heteroatoms. The van der Waals surface area contributed by atoms with Crippen LogP contribution in [0.4, 0.5) is 13.2 Å². The Morgan fingerprint density at radius 2 is 1.54 bits per heavy atom. The highest BCUT2D eigenvalue weighted by molar-refractivity contribution is 6.19. The van der Waals surface area contributed by atoms with Gasteiger partial charge in [-0.25, -0.2) is 0 Å². The van der Waals surface area contributed by atoms with Gasteiger partial charge in [0.2, 0.25) is 11.3 Å². The van der Waals surface area contributed by atoms with Crippen molar-refractivity contribution in [2.24, 2.45) is 5.92 Å². The number of halogens is 3. The Morgan fingerprint density at radius 3 is 2.05 bits per heavy atom. The van der Waals surface area contributed by atoms with Crippen molar-refractivity contribution < 1.29 is 41.8 Å². The van der Waals surface area contributed by atoms with Crippen molar-refractivity contribution in [1.29, 1.82) is 0 Å². The van der Waals surface area contributed by atoms with Gasteiger partial charge in [-0.3, -0.25) is 14.4 Å². The van der Waals surface area contributed by atoms with E-state index in [1.54, 1.807) is 6.07 Å². The Bertz CT molecular complexity index is 1330. The standard InChI is InChI=1S/C30H33F3N2O6/c1-18-24(25(36)20-13-9-6-10-14-20)29(30(31,32)33,28(38)35(18)17-19-11-7-5-8-12-19)34-27(37)21-15-22(39-2)26(41-4)23(16-21)40-3/h6,9-10,13-16,19H,5,7-8,11-12,17H2,1-4H3,(H,34,37)/t29-/m0/s1. The molecule has 220 valence electrons. The number of allylic oxidation sites excluding steroid dienone is 1. The summed E-state index contributed by atoms with van der Waals surface area (Å²) in [6, 6.07) is 9.76. The zero-order valence-electron chi connectivity index (χ0n) is 23.4. The van der Waals surface area contributed by atoms with Crippen molar-refractivity contribution in [3.8, 4) is 17.2 Å². The lowest BCUT2D eigenvalue weighted by molar-refractivity contribution is -0.189. The van der Waals surface area contributed by atoms with Crippen molar-refractivity contribution in [2.45, 2.75) is 50.7 Å². The van der Waals surface area contributed by atoms with Crippen LogP contribution in [0.1, 0.15) is 59.7 Å². The summed E-state index contributed by atoms with van der Waals surface area (Å²) in [5, 5.41) is 1.95. The number of ketones is 1. The van der Waals surface area contributed by atoms with Gasteiger partial charge in [0.05, 0.1) is 26.9 Å². The van der Waals surface area contributed by atoms with Crippen molar-refractivity contribution in [3.63, 3.8) is 0 Å². The van der Waals surface area contributed by atoms with Crippen LogP contribution in [0.15, 0.2) is 53.7 Å². The Morgan fingerprint density at radius 1 is 0.951 bits per heavy atom. The first-order chi connectivity index (χ1) is 19.5. The smallest absolute Gasteiger partial charge is 0.425 e. The first kappa shape index (κ1) is 30.0. The predicted molar refractivity (Wildman–Crippen MR) is 144 cm³/mol. The van der Waals surface area contributed by atoms with Crippen molar-refractivity contribution >= 4 is 17.6 Å². The van der Waals surface area contributed by atoms with E-state index in [1.165, 1.54) is 64.7 Å². The molecule has 41 heavy (non-hydrogen) atoms. The van der Waals surface area contributed by atoms with Gasteiger partial charge in [-0.2, -0.15) is 13.2 Å². The number of amides is 2. The molecule has 1 saturated carbocycles. The summed E-state index contributed by atoms with van der Waals surface area (Å²) in [6.07, 6.45) is -0.996. The predicted octanol–water partition coefficient (Wildman–Crippen LogP) is 5.32. The molecule has 0 aromatic heterocycles. The second kappa shape index (κ2) is 11.8. The fourth-order valence-electron chi connectivity index (χ4n) is 5.69. The molecule has 0 unspecified atom stereocenters. The van der Waals surface area contributed by atoms with Crippen LogP contribution in [0, 0.1) is 5.92 Å². The summed E-state index contributed by atoms with van der Waals surface area (Å²) >= 11 is 0. The molecular weight excluding hydrogens is 541 g/mol. The molecular formula is C30H33F3N2O6. The summed E-state index contributed by atoms with van der Waals surface area (Å²) in [5.41, 5.74) is -4.89. The Balaban J connectivity index is 1.86. The number of nitrogens with zero attached hydrogens (tertiary/aromatic N) is 1. The largest absolute Gasteiger partial charge is 0.493 e. The second-order valence-electron chi connectivity index (χ2n) is 10.2. The summed E-state index contributed by atoms with van der Waals surface area (Å²) in [5.74, 6) is -3.49. The summed E-state index contributed by atoms with van der Waals surface area (Å²) in [7, 11) is 3.93. The van der Waals surface area contributed by atoms with Crippen LogP contribution in [0.2, 0.25) is 0 Å². The van der Waals surface area contributed by atoms with Gasteiger partial charge in [0, 0.05) is 23.4 Å². The maximum Gasteiger partial charge on any atom is 0.425 e. The summed E-state index contributed by atoms with van der Waals surface area (Å²) < 4.78 is 61.6. The minimum atomic E-state index is -5.36. The number of benzene rings is 2. The zero-order valence-corrected chi connectivity index (χ0v) is 23.4. The van der Waals surface area contributed by atoms with Crippen molar-refractivity contribution in [2.75, 3.05) is 27.9 Å². The topological polar surface area (TPSA) is 94.2 Å². The second-order valence-corrected chi connectivity index (χ2v) is 10.2. The van der Waals surface area contributed by atoms with E-state index in [1.807, 2.05) is 5.32 Å². The molecule has 1 N–H and O–H groups in total. The van der Waals surface area contributed by atoms with Crippen LogP contribution in [0.5, 0.6) is 17.2 Å². The number of alkyl halides is 3. The van der Waals surface area contributed by atoms with E-state index in [9.17, 15) is 14.4 Å².